The third-order valence-electron chi connectivity index (χ3n) is 6.81. The first-order valence-electron chi connectivity index (χ1n) is 11.0. The summed E-state index contributed by atoms with van der Waals surface area (Å²) in [5.74, 6) is 0.868. The zero-order chi connectivity index (χ0) is 18.6. The Kier molecular flexibility index (Phi) is 6.33. The molecule has 4 rings (SSSR count). The first kappa shape index (κ1) is 19.2. The van der Waals surface area contributed by atoms with Gasteiger partial charge in [-0.3, -0.25) is 9.59 Å². The van der Waals surface area contributed by atoms with Crippen molar-refractivity contribution in [1.29, 1.82) is 0 Å². The van der Waals surface area contributed by atoms with Gasteiger partial charge in [-0.15, -0.1) is 0 Å². The fourth-order valence-electron chi connectivity index (χ4n) is 5.27. The topological polar surface area (TPSA) is 59.1 Å². The molecule has 27 heavy (non-hydrogen) atoms. The van der Waals surface area contributed by atoms with Crippen molar-refractivity contribution in [1.82, 2.24) is 9.80 Å². The molecule has 4 aliphatic heterocycles. The van der Waals surface area contributed by atoms with Gasteiger partial charge in [-0.05, 0) is 57.3 Å². The minimum absolute atomic E-state index is 0.0919. The Morgan fingerprint density at radius 2 is 1.44 bits per heavy atom. The van der Waals surface area contributed by atoms with E-state index in [1.807, 2.05) is 4.90 Å². The fraction of sp³-hybridized carbons (Fsp3) is 0.905. The van der Waals surface area contributed by atoms with E-state index in [1.54, 1.807) is 0 Å². The van der Waals surface area contributed by atoms with Crippen LogP contribution in [0.1, 0.15) is 64.2 Å². The van der Waals surface area contributed by atoms with Gasteiger partial charge >= 0.3 is 0 Å². The van der Waals surface area contributed by atoms with Gasteiger partial charge in [0, 0.05) is 32.8 Å². The summed E-state index contributed by atoms with van der Waals surface area (Å²) in [7, 11) is 0. The third-order valence-corrected chi connectivity index (χ3v) is 6.81. The van der Waals surface area contributed by atoms with Crippen LogP contribution in [0, 0.1) is 5.92 Å². The van der Waals surface area contributed by atoms with Crippen molar-refractivity contribution in [3.8, 4) is 0 Å². The summed E-state index contributed by atoms with van der Waals surface area (Å²) in [5.41, 5.74) is 0. The summed E-state index contributed by atoms with van der Waals surface area (Å²) >= 11 is 0. The predicted octanol–water partition coefficient (Wildman–Crippen LogP) is 2.35. The van der Waals surface area contributed by atoms with Gasteiger partial charge in [0.15, 0.2) is 0 Å². The maximum Gasteiger partial charge on any atom is 0.225 e. The average Bonchev–Trinajstić information content (AvgIpc) is 3.14. The van der Waals surface area contributed by atoms with Crippen molar-refractivity contribution in [2.45, 2.75) is 82.5 Å². The van der Waals surface area contributed by atoms with E-state index in [1.165, 1.54) is 0 Å². The number of rotatable bonds is 4. The lowest BCUT2D eigenvalue weighted by Crippen LogP contribution is -2.49. The van der Waals surface area contributed by atoms with Crippen molar-refractivity contribution in [2.75, 3.05) is 32.8 Å². The van der Waals surface area contributed by atoms with E-state index in [0.29, 0.717) is 25.3 Å². The quantitative estimate of drug-likeness (QED) is 0.753. The highest BCUT2D eigenvalue weighted by atomic mass is 16.5. The Labute approximate surface area is 162 Å². The summed E-state index contributed by atoms with van der Waals surface area (Å²) < 4.78 is 11.5. The minimum atomic E-state index is 0.0919. The number of amides is 2. The van der Waals surface area contributed by atoms with Crippen LogP contribution < -0.4 is 0 Å². The van der Waals surface area contributed by atoms with Gasteiger partial charge in [0.25, 0.3) is 0 Å². The normalized spacial score (nSPS) is 34.4. The summed E-state index contributed by atoms with van der Waals surface area (Å²) in [6.07, 6.45) is 9.91. The zero-order valence-corrected chi connectivity index (χ0v) is 16.4. The summed E-state index contributed by atoms with van der Waals surface area (Å²) in [4.78, 5) is 29.8. The van der Waals surface area contributed by atoms with Crippen LogP contribution in [0.25, 0.3) is 0 Å². The zero-order valence-electron chi connectivity index (χ0n) is 16.4. The molecule has 0 saturated carbocycles. The second-order valence-electron chi connectivity index (χ2n) is 8.74. The Bertz CT molecular complexity index is 528. The highest BCUT2D eigenvalue weighted by molar-refractivity contribution is 5.79. The number of fused-ring (bicyclic) bond motifs is 1. The Morgan fingerprint density at radius 3 is 2.07 bits per heavy atom. The molecule has 0 radical (unpaired) electrons. The highest BCUT2D eigenvalue weighted by Gasteiger charge is 2.43. The largest absolute Gasteiger partial charge is 0.378 e. The molecule has 2 amide bonds. The van der Waals surface area contributed by atoms with Gasteiger partial charge < -0.3 is 19.3 Å². The lowest BCUT2D eigenvalue weighted by atomic mass is 9.91. The standard InChI is InChI=1S/C21H34N2O4/c24-20(12-17-7-1-3-10-26-17)22-14-16-6-5-9-23(19(16)15-22)21(25)13-18-8-2-4-11-27-18/h16-19H,1-15H2/t16-,17?,18?,19+/m0/s1. The smallest absolute Gasteiger partial charge is 0.225 e. The molecule has 4 atom stereocenters. The number of carbonyl (C=O) groups is 2. The molecule has 4 saturated heterocycles. The van der Waals surface area contributed by atoms with E-state index < -0.39 is 0 Å². The molecule has 0 N–H and O–H groups in total. The van der Waals surface area contributed by atoms with Crippen LogP contribution in [0.4, 0.5) is 0 Å². The monoisotopic (exact) mass is 378 g/mol. The molecule has 2 unspecified atom stereocenters. The highest BCUT2D eigenvalue weighted by Crippen LogP contribution is 2.32. The molecule has 4 fully saturated rings. The third kappa shape index (κ3) is 4.65. The van der Waals surface area contributed by atoms with E-state index in [0.717, 1.165) is 77.7 Å². The molecule has 0 aromatic carbocycles. The van der Waals surface area contributed by atoms with Crippen molar-refractivity contribution in [3.05, 3.63) is 0 Å². The number of piperidine rings is 1. The SMILES string of the molecule is O=C(CC1CCCCO1)N1C[C@@H]2CCCN(C(=O)CC3CCCCO3)[C@@H]2C1. The maximum atomic E-state index is 12.9. The Hall–Kier alpha value is -1.14. The lowest BCUT2D eigenvalue weighted by Gasteiger charge is -2.37. The van der Waals surface area contributed by atoms with E-state index in [4.69, 9.17) is 9.47 Å². The summed E-state index contributed by atoms with van der Waals surface area (Å²) in [6.45, 7) is 3.91. The molecular weight excluding hydrogens is 344 g/mol. The van der Waals surface area contributed by atoms with Crippen molar-refractivity contribution in [3.63, 3.8) is 0 Å². The lowest BCUT2D eigenvalue weighted by molar-refractivity contribution is -0.140. The number of ether oxygens (including phenoxy) is 2. The summed E-state index contributed by atoms with van der Waals surface area (Å²) in [5, 5.41) is 0. The van der Waals surface area contributed by atoms with Crippen LogP contribution in [0.5, 0.6) is 0 Å². The van der Waals surface area contributed by atoms with Crippen molar-refractivity contribution < 1.29 is 19.1 Å². The number of hydrogen-bond acceptors (Lipinski definition) is 4. The molecule has 0 aromatic rings. The molecule has 152 valence electrons. The van der Waals surface area contributed by atoms with E-state index >= 15 is 0 Å². The number of carbonyl (C=O) groups excluding carboxylic acids is 2. The van der Waals surface area contributed by atoms with E-state index in [2.05, 4.69) is 4.90 Å². The van der Waals surface area contributed by atoms with Gasteiger partial charge in [-0.1, -0.05) is 0 Å². The molecule has 0 aliphatic carbocycles. The van der Waals surface area contributed by atoms with Crippen LogP contribution >= 0.6 is 0 Å². The van der Waals surface area contributed by atoms with Crippen LogP contribution in [0.3, 0.4) is 0 Å². The minimum Gasteiger partial charge on any atom is -0.378 e. The maximum absolute atomic E-state index is 12.9. The van der Waals surface area contributed by atoms with E-state index in [9.17, 15) is 9.59 Å². The second-order valence-corrected chi connectivity index (χ2v) is 8.74. The molecule has 4 aliphatic rings. The molecular formula is C21H34N2O4. The molecule has 0 spiro atoms. The number of likely N-dealkylation sites (tertiary alicyclic amines) is 2. The van der Waals surface area contributed by atoms with Crippen molar-refractivity contribution in [2.24, 2.45) is 5.92 Å². The molecule has 4 heterocycles. The van der Waals surface area contributed by atoms with Crippen LogP contribution in [-0.4, -0.2) is 72.7 Å². The molecule has 0 aromatic heterocycles. The van der Waals surface area contributed by atoms with Gasteiger partial charge in [0.1, 0.15) is 0 Å². The first-order valence-corrected chi connectivity index (χ1v) is 11.0. The Morgan fingerprint density at radius 1 is 0.778 bits per heavy atom. The van der Waals surface area contributed by atoms with Gasteiger partial charge in [-0.2, -0.15) is 0 Å². The van der Waals surface area contributed by atoms with Crippen molar-refractivity contribution >= 4 is 11.8 Å². The van der Waals surface area contributed by atoms with Crippen LogP contribution in [0.15, 0.2) is 0 Å². The first-order chi connectivity index (χ1) is 13.2. The summed E-state index contributed by atoms with van der Waals surface area (Å²) in [6, 6.07) is 0.200. The number of hydrogen-bond donors (Lipinski definition) is 0. The number of nitrogens with zero attached hydrogens (tertiary/aromatic N) is 2. The van der Waals surface area contributed by atoms with Gasteiger partial charge in [0.05, 0.1) is 31.1 Å². The molecule has 6 nitrogen and oxygen atoms in total. The van der Waals surface area contributed by atoms with Crippen LogP contribution in [0.2, 0.25) is 0 Å². The Balaban J connectivity index is 1.32. The fourth-order valence-corrected chi connectivity index (χ4v) is 5.27. The molecule has 0 bridgehead atoms. The second kappa shape index (κ2) is 8.91. The predicted molar refractivity (Wildman–Crippen MR) is 101 cm³/mol. The van der Waals surface area contributed by atoms with Gasteiger partial charge in [0.2, 0.25) is 11.8 Å². The molecule has 6 heteroatoms. The van der Waals surface area contributed by atoms with E-state index in [-0.39, 0.29) is 30.1 Å². The van der Waals surface area contributed by atoms with Gasteiger partial charge in [-0.25, -0.2) is 0 Å². The average molecular weight is 379 g/mol. The van der Waals surface area contributed by atoms with Crippen LogP contribution in [-0.2, 0) is 19.1 Å².